The maximum atomic E-state index is 5.94. The third-order valence-corrected chi connectivity index (χ3v) is 5.85. The maximum Gasteiger partial charge on any atom is 0.119 e. The van der Waals surface area contributed by atoms with E-state index in [4.69, 9.17) is 9.47 Å². The number of rotatable bonds is 12. The average Bonchev–Trinajstić information content (AvgIpc) is 2.83. The van der Waals surface area contributed by atoms with E-state index in [2.05, 4.69) is 96.9 Å². The Kier molecular flexibility index (Phi) is 7.99. The van der Waals surface area contributed by atoms with Gasteiger partial charge in [-0.1, -0.05) is 60.7 Å². The molecule has 3 nitrogen and oxygen atoms in total. The van der Waals surface area contributed by atoms with E-state index in [-0.39, 0.29) is 0 Å². The van der Waals surface area contributed by atoms with Gasteiger partial charge < -0.3 is 14.4 Å². The summed E-state index contributed by atoms with van der Waals surface area (Å²) in [4.78, 5) is 2.41. The van der Waals surface area contributed by atoms with Crippen LogP contribution in [0.15, 0.2) is 84.9 Å². The first-order valence-electron chi connectivity index (χ1n) is 11.7. The summed E-state index contributed by atoms with van der Waals surface area (Å²) in [6.45, 7) is 3.75. The predicted octanol–water partition coefficient (Wildman–Crippen LogP) is 6.94. The summed E-state index contributed by atoms with van der Waals surface area (Å²) in [6, 6.07) is 29.4. The highest BCUT2D eigenvalue weighted by molar-refractivity contribution is 5.84. The summed E-state index contributed by atoms with van der Waals surface area (Å²) in [5.41, 5.74) is 0. The van der Waals surface area contributed by atoms with Crippen LogP contribution in [-0.2, 0) is 0 Å². The molecule has 0 bridgehead atoms. The highest BCUT2D eigenvalue weighted by atomic mass is 16.5. The third kappa shape index (κ3) is 6.48. The molecule has 0 N–H and O–H groups in total. The van der Waals surface area contributed by atoms with E-state index in [0.717, 1.165) is 63.5 Å². The first-order chi connectivity index (χ1) is 15.8. The first-order valence-corrected chi connectivity index (χ1v) is 11.7. The fourth-order valence-electron chi connectivity index (χ4n) is 3.97. The van der Waals surface area contributed by atoms with Crippen LogP contribution in [0.25, 0.3) is 21.5 Å². The van der Waals surface area contributed by atoms with Crippen molar-refractivity contribution in [2.24, 2.45) is 0 Å². The van der Waals surface area contributed by atoms with Crippen LogP contribution in [0.1, 0.15) is 25.7 Å². The van der Waals surface area contributed by atoms with Gasteiger partial charge in [0.15, 0.2) is 0 Å². The molecule has 3 heteroatoms. The second kappa shape index (κ2) is 11.5. The SMILES string of the molecule is CN(CCCCOc1ccc2ccccc2c1)CCCCOc1ccc2ccccc2c1. The van der Waals surface area contributed by atoms with Gasteiger partial charge in [0.05, 0.1) is 13.2 Å². The number of benzene rings is 4. The Bertz CT molecular complexity index is 1030. The molecule has 166 valence electrons. The van der Waals surface area contributed by atoms with Gasteiger partial charge in [-0.2, -0.15) is 0 Å². The summed E-state index contributed by atoms with van der Waals surface area (Å²) < 4.78 is 11.9. The average molecular weight is 428 g/mol. The van der Waals surface area contributed by atoms with E-state index in [9.17, 15) is 0 Å². The molecule has 0 aliphatic carbocycles. The number of hydrogen-bond acceptors (Lipinski definition) is 3. The summed E-state index contributed by atoms with van der Waals surface area (Å²) in [6.07, 6.45) is 4.44. The van der Waals surface area contributed by atoms with E-state index in [0.29, 0.717) is 0 Å². The Morgan fingerprint density at radius 1 is 0.531 bits per heavy atom. The molecule has 0 unspecified atom stereocenters. The molecule has 32 heavy (non-hydrogen) atoms. The number of ether oxygens (including phenoxy) is 2. The number of nitrogens with zero attached hydrogens (tertiary/aromatic N) is 1. The number of fused-ring (bicyclic) bond motifs is 2. The summed E-state index contributed by atoms with van der Waals surface area (Å²) >= 11 is 0. The summed E-state index contributed by atoms with van der Waals surface area (Å²) in [7, 11) is 2.20. The normalized spacial score (nSPS) is 11.3. The molecule has 0 radical (unpaired) electrons. The van der Waals surface area contributed by atoms with E-state index < -0.39 is 0 Å². The minimum atomic E-state index is 0.770. The molecule has 0 aromatic heterocycles. The molecule has 4 aromatic rings. The Labute approximate surface area is 191 Å². The molecule has 0 aliphatic rings. The van der Waals surface area contributed by atoms with Crippen molar-refractivity contribution >= 4 is 21.5 Å². The standard InChI is InChI=1S/C29H33NO2/c1-30(18-6-8-20-31-28-16-14-24-10-2-4-12-26(24)22-28)19-7-9-21-32-29-17-15-25-11-3-5-13-27(25)23-29/h2-5,10-17,22-23H,6-9,18-21H2,1H3. The van der Waals surface area contributed by atoms with E-state index in [1.807, 2.05) is 0 Å². The largest absolute Gasteiger partial charge is 0.494 e. The lowest BCUT2D eigenvalue weighted by atomic mass is 10.1. The van der Waals surface area contributed by atoms with Crippen molar-refractivity contribution in [3.05, 3.63) is 84.9 Å². The predicted molar refractivity (Wildman–Crippen MR) is 135 cm³/mol. The minimum absolute atomic E-state index is 0.770. The lowest BCUT2D eigenvalue weighted by Gasteiger charge is -2.16. The second-order valence-corrected chi connectivity index (χ2v) is 8.43. The zero-order valence-corrected chi connectivity index (χ0v) is 19.0. The summed E-state index contributed by atoms with van der Waals surface area (Å²) in [5.74, 6) is 1.92. The Morgan fingerprint density at radius 3 is 1.44 bits per heavy atom. The smallest absolute Gasteiger partial charge is 0.119 e. The van der Waals surface area contributed by atoms with Crippen LogP contribution < -0.4 is 9.47 Å². The van der Waals surface area contributed by atoms with Gasteiger partial charge in [0, 0.05) is 0 Å². The molecular formula is C29H33NO2. The molecule has 0 aliphatic heterocycles. The molecule has 0 saturated carbocycles. The van der Waals surface area contributed by atoms with Crippen LogP contribution in [0.2, 0.25) is 0 Å². The molecule has 0 amide bonds. The topological polar surface area (TPSA) is 21.7 Å². The quantitative estimate of drug-likeness (QED) is 0.229. The highest BCUT2D eigenvalue weighted by Gasteiger charge is 2.01. The van der Waals surface area contributed by atoms with E-state index >= 15 is 0 Å². The first kappa shape index (κ1) is 22.2. The second-order valence-electron chi connectivity index (χ2n) is 8.43. The lowest BCUT2D eigenvalue weighted by Crippen LogP contribution is -2.21. The molecule has 0 heterocycles. The van der Waals surface area contributed by atoms with Crippen molar-refractivity contribution in [1.82, 2.24) is 4.90 Å². The molecule has 0 atom stereocenters. The Hall–Kier alpha value is -3.04. The van der Waals surface area contributed by atoms with Crippen molar-refractivity contribution in [3.8, 4) is 11.5 Å². The summed E-state index contributed by atoms with van der Waals surface area (Å²) in [5, 5.41) is 4.97. The Morgan fingerprint density at radius 2 is 0.969 bits per heavy atom. The van der Waals surface area contributed by atoms with Crippen LogP contribution in [0.4, 0.5) is 0 Å². The maximum absolute atomic E-state index is 5.94. The van der Waals surface area contributed by atoms with Gasteiger partial charge in [0.25, 0.3) is 0 Å². The molecule has 0 spiro atoms. The number of hydrogen-bond donors (Lipinski definition) is 0. The van der Waals surface area contributed by atoms with Crippen LogP contribution in [-0.4, -0.2) is 38.3 Å². The lowest BCUT2D eigenvalue weighted by molar-refractivity contribution is 0.263. The molecule has 4 rings (SSSR count). The van der Waals surface area contributed by atoms with Gasteiger partial charge >= 0.3 is 0 Å². The van der Waals surface area contributed by atoms with Crippen molar-refractivity contribution in [3.63, 3.8) is 0 Å². The van der Waals surface area contributed by atoms with Gasteiger partial charge in [-0.05, 0) is 91.6 Å². The van der Waals surface area contributed by atoms with Crippen LogP contribution in [0, 0.1) is 0 Å². The van der Waals surface area contributed by atoms with Crippen LogP contribution in [0.3, 0.4) is 0 Å². The van der Waals surface area contributed by atoms with Crippen molar-refractivity contribution in [2.75, 3.05) is 33.4 Å². The van der Waals surface area contributed by atoms with Gasteiger partial charge in [-0.25, -0.2) is 0 Å². The van der Waals surface area contributed by atoms with Gasteiger partial charge in [0.2, 0.25) is 0 Å². The van der Waals surface area contributed by atoms with Crippen molar-refractivity contribution in [2.45, 2.75) is 25.7 Å². The fourth-order valence-corrected chi connectivity index (χ4v) is 3.97. The van der Waals surface area contributed by atoms with Gasteiger partial charge in [-0.3, -0.25) is 0 Å². The third-order valence-electron chi connectivity index (χ3n) is 5.85. The highest BCUT2D eigenvalue weighted by Crippen LogP contribution is 2.21. The van der Waals surface area contributed by atoms with Crippen molar-refractivity contribution in [1.29, 1.82) is 0 Å². The Balaban J connectivity index is 1.05. The minimum Gasteiger partial charge on any atom is -0.494 e. The number of unbranched alkanes of at least 4 members (excludes halogenated alkanes) is 2. The van der Waals surface area contributed by atoms with Gasteiger partial charge in [-0.15, -0.1) is 0 Å². The zero-order valence-electron chi connectivity index (χ0n) is 19.0. The van der Waals surface area contributed by atoms with E-state index in [1.165, 1.54) is 21.5 Å². The molecule has 0 fully saturated rings. The van der Waals surface area contributed by atoms with Crippen LogP contribution in [0.5, 0.6) is 11.5 Å². The van der Waals surface area contributed by atoms with Crippen LogP contribution >= 0.6 is 0 Å². The van der Waals surface area contributed by atoms with Crippen molar-refractivity contribution < 1.29 is 9.47 Å². The monoisotopic (exact) mass is 427 g/mol. The van der Waals surface area contributed by atoms with E-state index in [1.54, 1.807) is 0 Å². The fraction of sp³-hybridized carbons (Fsp3) is 0.310. The molecule has 4 aromatic carbocycles. The molecule has 0 saturated heterocycles. The van der Waals surface area contributed by atoms with Gasteiger partial charge in [0.1, 0.15) is 11.5 Å². The zero-order chi connectivity index (χ0) is 22.0. The molecular weight excluding hydrogens is 394 g/mol.